The first kappa shape index (κ1) is 23.9. The molecule has 3 aromatic rings. The monoisotopic (exact) mass is 461 g/mol. The number of anilines is 1. The second-order valence-corrected chi connectivity index (χ2v) is 8.13. The highest BCUT2D eigenvalue weighted by Crippen LogP contribution is 2.14. The van der Waals surface area contributed by atoms with E-state index in [0.29, 0.717) is 29.2 Å². The lowest BCUT2D eigenvalue weighted by Crippen LogP contribution is -2.34. The molecule has 0 heterocycles. The summed E-state index contributed by atoms with van der Waals surface area (Å²) >= 11 is 5.24. The van der Waals surface area contributed by atoms with Gasteiger partial charge in [-0.05, 0) is 80.2 Å². The summed E-state index contributed by atoms with van der Waals surface area (Å²) in [5.41, 5.74) is 2.90. The van der Waals surface area contributed by atoms with E-state index in [1.807, 2.05) is 32.0 Å². The zero-order valence-electron chi connectivity index (χ0n) is 18.6. The number of amides is 2. The molecule has 0 fully saturated rings. The third-order valence-corrected chi connectivity index (χ3v) is 4.87. The van der Waals surface area contributed by atoms with E-state index in [2.05, 4.69) is 28.1 Å². The van der Waals surface area contributed by atoms with Gasteiger partial charge in [-0.2, -0.15) is 0 Å². The van der Waals surface area contributed by atoms with Crippen molar-refractivity contribution in [3.63, 3.8) is 0 Å². The number of ether oxygens (including phenoxy) is 1. The number of carbonyl (C=O) groups is 2. The molecule has 0 aliphatic rings. The van der Waals surface area contributed by atoms with Crippen molar-refractivity contribution in [3.05, 3.63) is 95.6 Å². The maximum atomic E-state index is 12.5. The molecule has 3 N–H and O–H groups in total. The van der Waals surface area contributed by atoms with Crippen LogP contribution in [0.3, 0.4) is 0 Å². The molecule has 0 atom stereocenters. The van der Waals surface area contributed by atoms with Crippen LogP contribution < -0.4 is 20.7 Å². The van der Waals surface area contributed by atoms with Crippen LogP contribution in [0.1, 0.15) is 40.1 Å². The molecule has 0 bridgehead atoms. The normalized spacial score (nSPS) is 10.4. The fourth-order valence-electron chi connectivity index (χ4n) is 3.02. The predicted molar refractivity (Wildman–Crippen MR) is 135 cm³/mol. The highest BCUT2D eigenvalue weighted by molar-refractivity contribution is 7.80. The summed E-state index contributed by atoms with van der Waals surface area (Å²) in [6.07, 6.45) is 0.812. The van der Waals surface area contributed by atoms with Gasteiger partial charge in [0.25, 0.3) is 11.8 Å². The zero-order chi connectivity index (χ0) is 23.6. The van der Waals surface area contributed by atoms with Crippen molar-refractivity contribution in [1.82, 2.24) is 10.6 Å². The fraction of sp³-hybridized carbons (Fsp3) is 0.192. The molecular formula is C26H27N3O3S. The molecule has 33 heavy (non-hydrogen) atoms. The Balaban J connectivity index is 1.46. The van der Waals surface area contributed by atoms with Crippen molar-refractivity contribution in [1.29, 1.82) is 0 Å². The van der Waals surface area contributed by atoms with Gasteiger partial charge >= 0.3 is 0 Å². The molecule has 0 saturated heterocycles. The minimum atomic E-state index is -0.323. The summed E-state index contributed by atoms with van der Waals surface area (Å²) < 4.78 is 5.75. The summed E-state index contributed by atoms with van der Waals surface area (Å²) in [6.45, 7) is 4.37. The number of hydrogen-bond acceptors (Lipinski definition) is 4. The fourth-order valence-corrected chi connectivity index (χ4v) is 3.23. The van der Waals surface area contributed by atoms with Crippen LogP contribution in [0.4, 0.5) is 5.69 Å². The first-order valence-electron chi connectivity index (χ1n) is 10.7. The highest BCUT2D eigenvalue weighted by atomic mass is 32.1. The topological polar surface area (TPSA) is 79.5 Å². The van der Waals surface area contributed by atoms with Crippen LogP contribution >= 0.6 is 12.2 Å². The molecule has 2 amide bonds. The number of benzene rings is 3. The van der Waals surface area contributed by atoms with Crippen molar-refractivity contribution in [2.45, 2.75) is 26.3 Å². The molecule has 0 radical (unpaired) electrons. The van der Waals surface area contributed by atoms with Crippen molar-refractivity contribution in [2.24, 2.45) is 0 Å². The van der Waals surface area contributed by atoms with Gasteiger partial charge in [-0.25, -0.2) is 0 Å². The minimum absolute atomic E-state index is 0.0630. The van der Waals surface area contributed by atoms with E-state index in [1.54, 1.807) is 48.5 Å². The molecule has 6 nitrogen and oxygen atoms in total. The third-order valence-electron chi connectivity index (χ3n) is 4.67. The maximum absolute atomic E-state index is 12.5. The first-order valence-corrected chi connectivity index (χ1v) is 11.1. The molecule has 0 unspecified atom stereocenters. The van der Waals surface area contributed by atoms with Crippen LogP contribution in [0.25, 0.3) is 0 Å². The van der Waals surface area contributed by atoms with Crippen LogP contribution in [0, 0.1) is 0 Å². The second-order valence-electron chi connectivity index (χ2n) is 7.72. The van der Waals surface area contributed by atoms with Gasteiger partial charge < -0.3 is 15.4 Å². The van der Waals surface area contributed by atoms with Crippen LogP contribution in [-0.2, 0) is 6.42 Å². The SMILES string of the molecule is CC(C)NC(=O)c1ccc(NC(=S)NC(=O)c2ccc(OCCc3ccccc3)cc2)cc1. The van der Waals surface area contributed by atoms with E-state index in [1.165, 1.54) is 5.56 Å². The Morgan fingerprint density at radius 1 is 0.848 bits per heavy atom. The lowest BCUT2D eigenvalue weighted by atomic mass is 10.2. The quantitative estimate of drug-likeness (QED) is 0.428. The standard InChI is InChI=1S/C26H27N3O3S/c1-18(2)27-24(30)20-8-12-22(13-9-20)28-26(33)29-25(31)21-10-14-23(15-11-21)32-17-16-19-6-4-3-5-7-19/h3-15,18H,16-17H2,1-2H3,(H,27,30)(H2,28,29,31,33). The van der Waals surface area contributed by atoms with E-state index in [9.17, 15) is 9.59 Å². The largest absolute Gasteiger partial charge is 0.493 e. The second kappa shape index (κ2) is 11.8. The van der Waals surface area contributed by atoms with Gasteiger partial charge in [0.05, 0.1) is 6.61 Å². The summed E-state index contributed by atoms with van der Waals surface area (Å²) in [6, 6.07) is 23.9. The Bertz CT molecular complexity index is 1080. The van der Waals surface area contributed by atoms with Crippen LogP contribution in [0.5, 0.6) is 5.75 Å². The highest BCUT2D eigenvalue weighted by Gasteiger charge is 2.10. The molecular weight excluding hydrogens is 434 g/mol. The Morgan fingerprint density at radius 3 is 2.09 bits per heavy atom. The van der Waals surface area contributed by atoms with Crippen LogP contribution in [-0.4, -0.2) is 29.6 Å². The van der Waals surface area contributed by atoms with Gasteiger partial charge in [-0.15, -0.1) is 0 Å². The average Bonchev–Trinajstić information content (AvgIpc) is 2.80. The molecule has 0 aromatic heterocycles. The predicted octanol–water partition coefficient (Wildman–Crippen LogP) is 4.57. The van der Waals surface area contributed by atoms with Crippen LogP contribution in [0.15, 0.2) is 78.9 Å². The van der Waals surface area contributed by atoms with E-state index in [-0.39, 0.29) is 23.0 Å². The van der Waals surface area contributed by atoms with E-state index >= 15 is 0 Å². The summed E-state index contributed by atoms with van der Waals surface area (Å²) in [7, 11) is 0. The summed E-state index contributed by atoms with van der Waals surface area (Å²) in [4.78, 5) is 24.5. The average molecular weight is 462 g/mol. The van der Waals surface area contributed by atoms with Gasteiger partial charge in [0, 0.05) is 29.3 Å². The van der Waals surface area contributed by atoms with Crippen molar-refractivity contribution in [3.8, 4) is 5.75 Å². The molecule has 0 spiro atoms. The Labute approximate surface area is 199 Å². The maximum Gasteiger partial charge on any atom is 0.257 e. The van der Waals surface area contributed by atoms with Crippen LogP contribution in [0.2, 0.25) is 0 Å². The summed E-state index contributed by atoms with van der Waals surface area (Å²) in [5, 5.41) is 8.61. The van der Waals surface area contributed by atoms with Crippen molar-refractivity contribution < 1.29 is 14.3 Å². The number of hydrogen-bond donors (Lipinski definition) is 3. The van der Waals surface area contributed by atoms with Gasteiger partial charge in [0.15, 0.2) is 5.11 Å². The Kier molecular flexibility index (Phi) is 8.55. The Morgan fingerprint density at radius 2 is 1.45 bits per heavy atom. The number of rotatable bonds is 8. The number of nitrogens with one attached hydrogen (secondary N) is 3. The first-order chi connectivity index (χ1) is 15.9. The van der Waals surface area contributed by atoms with E-state index < -0.39 is 0 Å². The van der Waals surface area contributed by atoms with E-state index in [0.717, 1.165) is 6.42 Å². The number of carbonyl (C=O) groups excluding carboxylic acids is 2. The molecule has 3 aromatic carbocycles. The third kappa shape index (κ3) is 7.73. The van der Waals surface area contributed by atoms with Gasteiger partial charge in [-0.3, -0.25) is 14.9 Å². The minimum Gasteiger partial charge on any atom is -0.493 e. The molecule has 0 saturated carbocycles. The van der Waals surface area contributed by atoms with Crippen molar-refractivity contribution >= 4 is 34.8 Å². The number of thiocarbonyl (C=S) groups is 1. The molecule has 7 heteroatoms. The van der Waals surface area contributed by atoms with Gasteiger partial charge in [0.1, 0.15) is 5.75 Å². The Hall–Kier alpha value is -3.71. The zero-order valence-corrected chi connectivity index (χ0v) is 19.4. The molecule has 0 aliphatic heterocycles. The molecule has 170 valence electrons. The smallest absolute Gasteiger partial charge is 0.257 e. The van der Waals surface area contributed by atoms with Crippen molar-refractivity contribution in [2.75, 3.05) is 11.9 Å². The molecule has 3 rings (SSSR count). The molecule has 0 aliphatic carbocycles. The van der Waals surface area contributed by atoms with E-state index in [4.69, 9.17) is 17.0 Å². The summed E-state index contributed by atoms with van der Waals surface area (Å²) in [5.74, 6) is 0.237. The van der Waals surface area contributed by atoms with Gasteiger partial charge in [0.2, 0.25) is 0 Å². The lowest BCUT2D eigenvalue weighted by molar-refractivity contribution is 0.0941. The lowest BCUT2D eigenvalue weighted by Gasteiger charge is -2.12. The van der Waals surface area contributed by atoms with Gasteiger partial charge in [-0.1, -0.05) is 30.3 Å².